The van der Waals surface area contributed by atoms with Gasteiger partial charge in [0.25, 0.3) is 0 Å². The molecule has 3 aromatic rings. The highest BCUT2D eigenvalue weighted by molar-refractivity contribution is 5.18. The predicted octanol–water partition coefficient (Wildman–Crippen LogP) is 2.09. The Labute approximate surface area is 123 Å². The number of imidazole rings is 2. The van der Waals surface area contributed by atoms with Gasteiger partial charge >= 0.3 is 0 Å². The van der Waals surface area contributed by atoms with Crippen LogP contribution in [-0.2, 0) is 19.4 Å². The summed E-state index contributed by atoms with van der Waals surface area (Å²) in [5, 5.41) is 0. The van der Waals surface area contributed by atoms with Crippen molar-refractivity contribution in [3.8, 4) is 0 Å². The van der Waals surface area contributed by atoms with Crippen molar-refractivity contribution in [3.05, 3.63) is 72.3 Å². The van der Waals surface area contributed by atoms with Crippen LogP contribution in [-0.4, -0.2) is 19.5 Å². The first-order valence-corrected chi connectivity index (χ1v) is 7.10. The maximum atomic E-state index is 6.34. The SMILES string of the molecule is N[C@H](Cc1ccccc1)c1cncn1CCc1ncc[nH]1. The highest BCUT2D eigenvalue weighted by Gasteiger charge is 2.12. The summed E-state index contributed by atoms with van der Waals surface area (Å²) in [6, 6.07) is 10.2. The molecule has 5 heteroatoms. The first kappa shape index (κ1) is 13.6. The van der Waals surface area contributed by atoms with E-state index in [9.17, 15) is 0 Å². The summed E-state index contributed by atoms with van der Waals surface area (Å²) in [4.78, 5) is 11.6. The monoisotopic (exact) mass is 281 g/mol. The van der Waals surface area contributed by atoms with Crippen molar-refractivity contribution < 1.29 is 0 Å². The Bertz CT molecular complexity index is 657. The molecule has 108 valence electrons. The number of aromatic nitrogens is 4. The molecule has 0 saturated carbocycles. The average molecular weight is 281 g/mol. The Morgan fingerprint density at radius 2 is 2.10 bits per heavy atom. The van der Waals surface area contributed by atoms with Gasteiger partial charge < -0.3 is 15.3 Å². The fraction of sp³-hybridized carbons (Fsp3) is 0.250. The van der Waals surface area contributed by atoms with Crippen LogP contribution in [0.4, 0.5) is 0 Å². The second-order valence-corrected chi connectivity index (χ2v) is 5.09. The maximum Gasteiger partial charge on any atom is 0.107 e. The predicted molar refractivity (Wildman–Crippen MR) is 81.6 cm³/mol. The third kappa shape index (κ3) is 3.38. The van der Waals surface area contributed by atoms with Crippen molar-refractivity contribution in [2.45, 2.75) is 25.4 Å². The molecule has 0 fully saturated rings. The summed E-state index contributed by atoms with van der Waals surface area (Å²) < 4.78 is 2.11. The van der Waals surface area contributed by atoms with Crippen LogP contribution in [0.2, 0.25) is 0 Å². The van der Waals surface area contributed by atoms with Crippen molar-refractivity contribution in [1.29, 1.82) is 0 Å². The average Bonchev–Trinajstić information content (AvgIpc) is 3.17. The number of nitrogens with one attached hydrogen (secondary N) is 1. The van der Waals surface area contributed by atoms with E-state index >= 15 is 0 Å². The van der Waals surface area contributed by atoms with E-state index in [2.05, 4.69) is 31.7 Å². The second kappa shape index (κ2) is 6.37. The van der Waals surface area contributed by atoms with Gasteiger partial charge in [-0.25, -0.2) is 9.97 Å². The van der Waals surface area contributed by atoms with E-state index in [-0.39, 0.29) is 6.04 Å². The van der Waals surface area contributed by atoms with Crippen molar-refractivity contribution >= 4 is 0 Å². The van der Waals surface area contributed by atoms with E-state index in [1.54, 1.807) is 6.20 Å². The zero-order chi connectivity index (χ0) is 14.5. The molecule has 0 saturated heterocycles. The molecule has 0 aliphatic carbocycles. The van der Waals surface area contributed by atoms with Gasteiger partial charge in [0.1, 0.15) is 5.82 Å². The maximum absolute atomic E-state index is 6.34. The molecular formula is C16H19N5. The second-order valence-electron chi connectivity index (χ2n) is 5.09. The number of aryl methyl sites for hydroxylation is 2. The molecule has 0 aliphatic rings. The number of benzene rings is 1. The largest absolute Gasteiger partial charge is 0.349 e. The molecule has 2 heterocycles. The topological polar surface area (TPSA) is 72.5 Å². The number of H-pyrrole nitrogens is 1. The molecule has 0 aliphatic heterocycles. The van der Waals surface area contributed by atoms with Crippen LogP contribution in [0.3, 0.4) is 0 Å². The summed E-state index contributed by atoms with van der Waals surface area (Å²) in [5.41, 5.74) is 8.64. The number of hydrogen-bond donors (Lipinski definition) is 2. The van der Waals surface area contributed by atoms with Crippen LogP contribution in [0.15, 0.2) is 55.2 Å². The molecule has 5 nitrogen and oxygen atoms in total. The summed E-state index contributed by atoms with van der Waals surface area (Å²) in [6.45, 7) is 0.825. The lowest BCUT2D eigenvalue weighted by atomic mass is 10.0. The number of nitrogens with zero attached hydrogens (tertiary/aromatic N) is 3. The molecule has 0 bridgehead atoms. The number of nitrogens with two attached hydrogens (primary N) is 1. The Balaban J connectivity index is 1.66. The first-order chi connectivity index (χ1) is 10.3. The van der Waals surface area contributed by atoms with Crippen LogP contribution in [0.5, 0.6) is 0 Å². The van der Waals surface area contributed by atoms with E-state index in [1.807, 2.05) is 36.9 Å². The quantitative estimate of drug-likeness (QED) is 0.726. The van der Waals surface area contributed by atoms with Gasteiger partial charge in [-0.15, -0.1) is 0 Å². The Kier molecular flexibility index (Phi) is 4.12. The smallest absolute Gasteiger partial charge is 0.107 e. The number of hydrogen-bond acceptors (Lipinski definition) is 3. The normalized spacial score (nSPS) is 12.4. The lowest BCUT2D eigenvalue weighted by Crippen LogP contribution is -2.18. The van der Waals surface area contributed by atoms with Crippen LogP contribution >= 0.6 is 0 Å². The lowest BCUT2D eigenvalue weighted by molar-refractivity contribution is 0.590. The highest BCUT2D eigenvalue weighted by Crippen LogP contribution is 2.16. The van der Waals surface area contributed by atoms with Crippen LogP contribution < -0.4 is 5.73 Å². The van der Waals surface area contributed by atoms with Crippen molar-refractivity contribution in [2.75, 3.05) is 0 Å². The van der Waals surface area contributed by atoms with Crippen molar-refractivity contribution in [1.82, 2.24) is 19.5 Å². The molecule has 0 radical (unpaired) electrons. The molecular weight excluding hydrogens is 262 g/mol. The Morgan fingerprint density at radius 3 is 2.86 bits per heavy atom. The van der Waals surface area contributed by atoms with Gasteiger partial charge in [0.05, 0.1) is 18.1 Å². The molecule has 0 spiro atoms. The van der Waals surface area contributed by atoms with E-state index in [4.69, 9.17) is 5.73 Å². The van der Waals surface area contributed by atoms with E-state index < -0.39 is 0 Å². The van der Waals surface area contributed by atoms with Gasteiger partial charge in [0.2, 0.25) is 0 Å². The molecule has 3 rings (SSSR count). The van der Waals surface area contributed by atoms with E-state index in [1.165, 1.54) is 5.56 Å². The summed E-state index contributed by atoms with van der Waals surface area (Å²) in [5.74, 6) is 0.978. The molecule has 1 atom stereocenters. The van der Waals surface area contributed by atoms with Gasteiger partial charge in [-0.05, 0) is 12.0 Å². The summed E-state index contributed by atoms with van der Waals surface area (Å²) in [6.07, 6.45) is 8.96. The fourth-order valence-corrected chi connectivity index (χ4v) is 2.46. The van der Waals surface area contributed by atoms with Gasteiger partial charge in [-0.3, -0.25) is 0 Å². The van der Waals surface area contributed by atoms with Gasteiger partial charge in [-0.1, -0.05) is 30.3 Å². The first-order valence-electron chi connectivity index (χ1n) is 7.10. The van der Waals surface area contributed by atoms with E-state index in [0.29, 0.717) is 0 Å². The minimum Gasteiger partial charge on any atom is -0.349 e. The molecule has 0 amide bonds. The molecule has 21 heavy (non-hydrogen) atoms. The van der Waals surface area contributed by atoms with Crippen LogP contribution in [0.1, 0.15) is 23.1 Å². The molecule has 0 unspecified atom stereocenters. The summed E-state index contributed by atoms with van der Waals surface area (Å²) >= 11 is 0. The molecule has 1 aromatic carbocycles. The van der Waals surface area contributed by atoms with Crippen molar-refractivity contribution in [3.63, 3.8) is 0 Å². The van der Waals surface area contributed by atoms with Gasteiger partial charge in [0, 0.05) is 31.6 Å². The summed E-state index contributed by atoms with van der Waals surface area (Å²) in [7, 11) is 0. The standard InChI is InChI=1S/C16H19N5/c17-14(10-13-4-2-1-3-5-13)15-11-18-12-21(15)9-6-16-19-7-8-20-16/h1-5,7-8,11-12,14H,6,9-10,17H2,(H,19,20)/t14-/m1/s1. The Morgan fingerprint density at radius 1 is 1.24 bits per heavy atom. The number of rotatable bonds is 6. The van der Waals surface area contributed by atoms with Gasteiger partial charge in [-0.2, -0.15) is 0 Å². The molecule has 3 N–H and O–H groups in total. The van der Waals surface area contributed by atoms with Crippen LogP contribution in [0.25, 0.3) is 0 Å². The minimum atomic E-state index is -0.0495. The minimum absolute atomic E-state index is 0.0495. The number of aromatic amines is 1. The zero-order valence-corrected chi connectivity index (χ0v) is 11.8. The zero-order valence-electron chi connectivity index (χ0n) is 11.8. The van der Waals surface area contributed by atoms with Crippen molar-refractivity contribution in [2.24, 2.45) is 5.73 Å². The third-order valence-electron chi connectivity index (χ3n) is 3.57. The fourth-order valence-electron chi connectivity index (χ4n) is 2.46. The Hall–Kier alpha value is -2.40. The van der Waals surface area contributed by atoms with E-state index in [0.717, 1.165) is 30.9 Å². The van der Waals surface area contributed by atoms with Gasteiger partial charge in [0.15, 0.2) is 0 Å². The molecule has 2 aromatic heterocycles. The highest BCUT2D eigenvalue weighted by atomic mass is 15.1. The lowest BCUT2D eigenvalue weighted by Gasteiger charge is -2.14. The van der Waals surface area contributed by atoms with Crippen LogP contribution in [0, 0.1) is 0 Å². The third-order valence-corrected chi connectivity index (χ3v) is 3.57.